The van der Waals surface area contributed by atoms with Gasteiger partial charge >= 0.3 is 5.97 Å². The molecule has 0 saturated carbocycles. The molecule has 1 unspecified atom stereocenters. The van der Waals surface area contributed by atoms with Crippen molar-refractivity contribution in [2.45, 2.75) is 20.0 Å². The van der Waals surface area contributed by atoms with Crippen LogP contribution in [0.5, 0.6) is 11.5 Å². The van der Waals surface area contributed by atoms with Crippen LogP contribution < -0.4 is 14.8 Å². The molecular formula is C17H16ClNO4. The fourth-order valence-corrected chi connectivity index (χ4v) is 1.98. The van der Waals surface area contributed by atoms with Crippen LogP contribution in [0.2, 0.25) is 5.02 Å². The number of hydrogen-bond donors (Lipinski definition) is 1. The lowest BCUT2D eigenvalue weighted by Gasteiger charge is -2.14. The summed E-state index contributed by atoms with van der Waals surface area (Å²) in [5.74, 6) is 0.157. The van der Waals surface area contributed by atoms with Crippen LogP contribution in [0.4, 0.5) is 5.69 Å². The van der Waals surface area contributed by atoms with Gasteiger partial charge in [-0.1, -0.05) is 17.7 Å². The van der Waals surface area contributed by atoms with Gasteiger partial charge in [-0.3, -0.25) is 4.79 Å². The van der Waals surface area contributed by atoms with Gasteiger partial charge in [-0.05, 0) is 49.4 Å². The standard InChI is InChI=1S/C17H16ClNO4/c1-11(22-16-5-3-4-13(18)10-16)17(21)23-15-8-6-14(7-9-15)19-12(2)20/h3-11H,1-2H3,(H,19,20). The largest absolute Gasteiger partial charge is 0.479 e. The predicted molar refractivity (Wildman–Crippen MR) is 87.9 cm³/mol. The Kier molecular flexibility index (Phi) is 5.60. The fraction of sp³-hybridized carbons (Fsp3) is 0.176. The predicted octanol–water partition coefficient (Wildman–Crippen LogP) is 3.67. The first kappa shape index (κ1) is 16.8. The Morgan fingerprint density at radius 2 is 1.78 bits per heavy atom. The van der Waals surface area contributed by atoms with E-state index in [0.29, 0.717) is 22.2 Å². The van der Waals surface area contributed by atoms with Gasteiger partial charge in [0.25, 0.3) is 0 Å². The number of amides is 1. The third-order valence-electron chi connectivity index (χ3n) is 2.83. The van der Waals surface area contributed by atoms with Crippen LogP contribution in [0.1, 0.15) is 13.8 Å². The fourth-order valence-electron chi connectivity index (χ4n) is 1.80. The lowest BCUT2D eigenvalue weighted by atomic mass is 10.3. The zero-order valence-corrected chi connectivity index (χ0v) is 13.5. The van der Waals surface area contributed by atoms with Crippen LogP contribution in [0.25, 0.3) is 0 Å². The van der Waals surface area contributed by atoms with Crippen molar-refractivity contribution in [3.63, 3.8) is 0 Å². The lowest BCUT2D eigenvalue weighted by Crippen LogP contribution is -2.28. The van der Waals surface area contributed by atoms with Crippen molar-refractivity contribution in [2.75, 3.05) is 5.32 Å². The summed E-state index contributed by atoms with van der Waals surface area (Å²) >= 11 is 5.86. The summed E-state index contributed by atoms with van der Waals surface area (Å²) in [6, 6.07) is 13.2. The monoisotopic (exact) mass is 333 g/mol. The number of esters is 1. The second kappa shape index (κ2) is 7.65. The van der Waals surface area contributed by atoms with E-state index in [9.17, 15) is 9.59 Å². The molecule has 1 atom stereocenters. The van der Waals surface area contributed by atoms with Crippen LogP contribution in [0.3, 0.4) is 0 Å². The van der Waals surface area contributed by atoms with Gasteiger partial charge in [-0.15, -0.1) is 0 Å². The summed E-state index contributed by atoms with van der Waals surface area (Å²) in [4.78, 5) is 23.0. The zero-order valence-electron chi connectivity index (χ0n) is 12.7. The molecule has 1 amide bonds. The summed E-state index contributed by atoms with van der Waals surface area (Å²) in [7, 11) is 0. The van der Waals surface area contributed by atoms with Crippen LogP contribution in [0, 0.1) is 0 Å². The molecule has 6 heteroatoms. The maximum atomic E-state index is 12.0. The van der Waals surface area contributed by atoms with E-state index in [1.807, 2.05) is 0 Å². The topological polar surface area (TPSA) is 64.6 Å². The molecule has 0 saturated heterocycles. The van der Waals surface area contributed by atoms with Gasteiger partial charge in [-0.25, -0.2) is 4.79 Å². The molecule has 5 nitrogen and oxygen atoms in total. The van der Waals surface area contributed by atoms with Crippen molar-refractivity contribution >= 4 is 29.2 Å². The Balaban J connectivity index is 1.94. The van der Waals surface area contributed by atoms with Gasteiger partial charge in [0, 0.05) is 17.6 Å². The Labute approximate surface area is 139 Å². The van der Waals surface area contributed by atoms with Crippen molar-refractivity contribution in [3.05, 3.63) is 53.6 Å². The normalized spacial score (nSPS) is 11.4. The van der Waals surface area contributed by atoms with Crippen LogP contribution in [-0.2, 0) is 9.59 Å². The first-order valence-corrected chi connectivity index (χ1v) is 7.33. The number of carbonyl (C=O) groups is 2. The second-order valence-corrected chi connectivity index (χ2v) is 5.28. The van der Waals surface area contributed by atoms with Gasteiger partial charge in [0.15, 0.2) is 6.10 Å². The number of ether oxygens (including phenoxy) is 2. The second-order valence-electron chi connectivity index (χ2n) is 4.84. The van der Waals surface area contributed by atoms with E-state index in [-0.39, 0.29) is 5.91 Å². The van der Waals surface area contributed by atoms with Gasteiger partial charge in [0.05, 0.1) is 0 Å². The molecule has 0 radical (unpaired) electrons. The summed E-state index contributed by atoms with van der Waals surface area (Å²) in [5, 5.41) is 3.15. The molecule has 0 heterocycles. The van der Waals surface area contributed by atoms with E-state index >= 15 is 0 Å². The third kappa shape index (κ3) is 5.30. The van der Waals surface area contributed by atoms with E-state index < -0.39 is 12.1 Å². The molecule has 0 aliphatic heterocycles. The third-order valence-corrected chi connectivity index (χ3v) is 3.07. The minimum Gasteiger partial charge on any atom is -0.479 e. The molecule has 1 N–H and O–H groups in total. The van der Waals surface area contributed by atoms with Gasteiger partial charge in [-0.2, -0.15) is 0 Å². The van der Waals surface area contributed by atoms with E-state index in [0.717, 1.165) is 0 Å². The maximum absolute atomic E-state index is 12.0. The number of rotatable bonds is 5. The summed E-state index contributed by atoms with van der Waals surface area (Å²) in [5.41, 5.74) is 0.625. The number of carbonyl (C=O) groups excluding carboxylic acids is 2. The zero-order chi connectivity index (χ0) is 16.8. The molecule has 0 aromatic heterocycles. The molecule has 0 aliphatic rings. The minimum absolute atomic E-state index is 0.168. The van der Waals surface area contributed by atoms with Gasteiger partial charge in [0.1, 0.15) is 11.5 Å². The van der Waals surface area contributed by atoms with Crippen molar-refractivity contribution in [1.82, 2.24) is 0 Å². The van der Waals surface area contributed by atoms with Crippen molar-refractivity contribution < 1.29 is 19.1 Å². The smallest absolute Gasteiger partial charge is 0.352 e. The Morgan fingerprint density at radius 3 is 2.39 bits per heavy atom. The molecular weight excluding hydrogens is 318 g/mol. The van der Waals surface area contributed by atoms with Crippen LogP contribution >= 0.6 is 11.6 Å². The minimum atomic E-state index is -0.788. The first-order chi connectivity index (χ1) is 10.9. The number of benzene rings is 2. The summed E-state index contributed by atoms with van der Waals surface area (Å²) < 4.78 is 10.7. The highest BCUT2D eigenvalue weighted by Gasteiger charge is 2.17. The summed E-state index contributed by atoms with van der Waals surface area (Å²) in [6.07, 6.45) is -0.788. The Bertz CT molecular complexity index is 700. The van der Waals surface area contributed by atoms with E-state index in [1.165, 1.54) is 6.92 Å². The van der Waals surface area contributed by atoms with Crippen molar-refractivity contribution in [3.8, 4) is 11.5 Å². The number of anilines is 1. The SMILES string of the molecule is CC(=O)Nc1ccc(OC(=O)C(C)Oc2cccc(Cl)c2)cc1. The molecule has 0 fully saturated rings. The Morgan fingerprint density at radius 1 is 1.09 bits per heavy atom. The van der Waals surface area contributed by atoms with Crippen LogP contribution in [-0.4, -0.2) is 18.0 Å². The van der Waals surface area contributed by atoms with E-state index in [1.54, 1.807) is 55.5 Å². The molecule has 2 aromatic rings. The first-order valence-electron chi connectivity index (χ1n) is 6.95. The number of halogens is 1. The van der Waals surface area contributed by atoms with E-state index in [2.05, 4.69) is 5.32 Å². The van der Waals surface area contributed by atoms with Crippen molar-refractivity contribution in [2.24, 2.45) is 0 Å². The highest BCUT2D eigenvalue weighted by Crippen LogP contribution is 2.20. The average Bonchev–Trinajstić information content (AvgIpc) is 2.48. The number of nitrogens with one attached hydrogen (secondary N) is 1. The maximum Gasteiger partial charge on any atom is 0.352 e. The Hall–Kier alpha value is -2.53. The van der Waals surface area contributed by atoms with Gasteiger partial charge in [0.2, 0.25) is 5.91 Å². The quantitative estimate of drug-likeness (QED) is 0.669. The molecule has 0 spiro atoms. The highest BCUT2D eigenvalue weighted by atomic mass is 35.5. The van der Waals surface area contributed by atoms with Crippen LogP contribution in [0.15, 0.2) is 48.5 Å². The molecule has 0 bridgehead atoms. The highest BCUT2D eigenvalue weighted by molar-refractivity contribution is 6.30. The molecule has 23 heavy (non-hydrogen) atoms. The molecule has 2 aromatic carbocycles. The molecule has 2 rings (SSSR count). The number of hydrogen-bond acceptors (Lipinski definition) is 4. The molecule has 0 aliphatic carbocycles. The lowest BCUT2D eigenvalue weighted by molar-refractivity contribution is -0.141. The van der Waals surface area contributed by atoms with Gasteiger partial charge < -0.3 is 14.8 Å². The van der Waals surface area contributed by atoms with Crippen molar-refractivity contribution in [1.29, 1.82) is 0 Å². The molecule has 120 valence electrons. The average molecular weight is 334 g/mol. The van der Waals surface area contributed by atoms with E-state index in [4.69, 9.17) is 21.1 Å². The summed E-state index contributed by atoms with van der Waals surface area (Å²) in [6.45, 7) is 3.01.